The van der Waals surface area contributed by atoms with E-state index in [1.165, 1.54) is 0 Å². The van der Waals surface area contributed by atoms with Crippen molar-refractivity contribution < 1.29 is 4.74 Å². The number of nitroso groups, excluding NO2 is 1. The number of hydrogen-bond acceptors (Lipinski definition) is 3. The average Bonchev–Trinajstić information content (AvgIpc) is 2.19. The molecule has 0 amide bonds. The van der Waals surface area contributed by atoms with Crippen LogP contribution in [0.5, 0.6) is 0 Å². The molecule has 0 saturated heterocycles. The van der Waals surface area contributed by atoms with Gasteiger partial charge in [-0.1, -0.05) is 17.3 Å². The lowest BCUT2D eigenvalue weighted by Gasteiger charge is -1.98. The lowest BCUT2D eigenvalue weighted by atomic mass is 10.4. The largest absolute Gasteiger partial charge is 0.368 e. The predicted octanol–water partition coefficient (Wildman–Crippen LogP) is 0.708. The third-order valence-electron chi connectivity index (χ3n) is 1.01. The molecule has 1 atom stereocenters. The van der Waals surface area contributed by atoms with Crippen molar-refractivity contribution in [3.63, 3.8) is 0 Å². The summed E-state index contributed by atoms with van der Waals surface area (Å²) in [7, 11) is 0. The van der Waals surface area contributed by atoms with E-state index in [0.29, 0.717) is 6.61 Å². The van der Waals surface area contributed by atoms with Gasteiger partial charge in [-0.05, 0) is 0 Å². The smallest absolute Gasteiger partial charge is 0.111 e. The zero-order chi connectivity index (χ0) is 5.82. The molecule has 3 nitrogen and oxygen atoms in total. The first-order chi connectivity index (χ1) is 3.93. The molecule has 0 aromatic rings. The molecule has 0 bridgehead atoms. The van der Waals surface area contributed by atoms with Gasteiger partial charge >= 0.3 is 0 Å². The van der Waals surface area contributed by atoms with Crippen molar-refractivity contribution in [2.75, 3.05) is 13.2 Å². The normalized spacial score (nSPS) is 26.2. The van der Waals surface area contributed by atoms with E-state index in [1.807, 2.05) is 12.2 Å². The van der Waals surface area contributed by atoms with Crippen molar-refractivity contribution in [1.29, 1.82) is 0 Å². The Kier molecular flexibility index (Phi) is 1.75. The van der Waals surface area contributed by atoms with Crippen molar-refractivity contribution >= 4 is 0 Å². The van der Waals surface area contributed by atoms with Gasteiger partial charge in [0.2, 0.25) is 0 Å². The molecule has 1 heterocycles. The van der Waals surface area contributed by atoms with Crippen LogP contribution in [0.3, 0.4) is 0 Å². The van der Waals surface area contributed by atoms with Gasteiger partial charge < -0.3 is 4.74 Å². The Bertz CT molecular complexity index is 111. The summed E-state index contributed by atoms with van der Waals surface area (Å²) < 4.78 is 4.99. The van der Waals surface area contributed by atoms with Crippen LogP contribution in [0.2, 0.25) is 0 Å². The summed E-state index contributed by atoms with van der Waals surface area (Å²) >= 11 is 0. The molecule has 0 radical (unpaired) electrons. The SMILES string of the molecule is O=NC[C@@H]1C=CCO1. The van der Waals surface area contributed by atoms with Crippen LogP contribution in [0.15, 0.2) is 17.3 Å². The fourth-order valence-electron chi connectivity index (χ4n) is 0.629. The van der Waals surface area contributed by atoms with Gasteiger partial charge in [-0.25, -0.2) is 0 Å². The summed E-state index contributed by atoms with van der Waals surface area (Å²) in [5.74, 6) is 0. The number of nitrogens with zero attached hydrogens (tertiary/aromatic N) is 1. The molecule has 0 aromatic carbocycles. The van der Waals surface area contributed by atoms with Crippen molar-refractivity contribution in [3.8, 4) is 0 Å². The van der Waals surface area contributed by atoms with Crippen LogP contribution in [0.4, 0.5) is 0 Å². The maximum Gasteiger partial charge on any atom is 0.111 e. The second-order valence-electron chi connectivity index (χ2n) is 1.61. The van der Waals surface area contributed by atoms with Crippen molar-refractivity contribution in [2.45, 2.75) is 6.10 Å². The Balaban J connectivity index is 2.25. The Labute approximate surface area is 47.3 Å². The minimum atomic E-state index is -0.0486. The Morgan fingerprint density at radius 3 is 3.25 bits per heavy atom. The van der Waals surface area contributed by atoms with E-state index in [2.05, 4.69) is 5.18 Å². The molecule has 0 saturated carbocycles. The van der Waals surface area contributed by atoms with E-state index in [4.69, 9.17) is 4.74 Å². The first-order valence-electron chi connectivity index (χ1n) is 2.51. The molecule has 0 aliphatic carbocycles. The molecule has 0 fully saturated rings. The highest BCUT2D eigenvalue weighted by molar-refractivity contribution is 4.96. The quantitative estimate of drug-likeness (QED) is 0.390. The standard InChI is InChI=1S/C5H7NO2/c7-6-4-5-2-1-3-8-5/h1-2,5H,3-4H2/t5-/m0/s1. The van der Waals surface area contributed by atoms with Gasteiger partial charge in [0.1, 0.15) is 6.54 Å². The third kappa shape index (κ3) is 1.13. The highest BCUT2D eigenvalue weighted by Gasteiger charge is 2.07. The minimum Gasteiger partial charge on any atom is -0.368 e. The molecule has 0 spiro atoms. The van der Waals surface area contributed by atoms with Gasteiger partial charge in [0.05, 0.1) is 12.7 Å². The fourth-order valence-corrected chi connectivity index (χ4v) is 0.629. The Morgan fingerprint density at radius 1 is 1.88 bits per heavy atom. The van der Waals surface area contributed by atoms with Crippen LogP contribution in [0, 0.1) is 4.91 Å². The number of ether oxygens (including phenoxy) is 1. The lowest BCUT2D eigenvalue weighted by Crippen LogP contribution is -2.07. The topological polar surface area (TPSA) is 38.7 Å². The molecule has 1 aliphatic rings. The van der Waals surface area contributed by atoms with Gasteiger partial charge in [0.25, 0.3) is 0 Å². The van der Waals surface area contributed by atoms with E-state index < -0.39 is 0 Å². The van der Waals surface area contributed by atoms with E-state index in [1.54, 1.807) is 0 Å². The summed E-state index contributed by atoms with van der Waals surface area (Å²) in [6, 6.07) is 0. The zero-order valence-electron chi connectivity index (χ0n) is 4.41. The molecule has 1 rings (SSSR count). The van der Waals surface area contributed by atoms with Crippen molar-refractivity contribution in [1.82, 2.24) is 0 Å². The van der Waals surface area contributed by atoms with Crippen molar-refractivity contribution in [2.24, 2.45) is 5.18 Å². The number of hydrogen-bond donors (Lipinski definition) is 0. The second kappa shape index (κ2) is 2.57. The molecule has 8 heavy (non-hydrogen) atoms. The summed E-state index contributed by atoms with van der Waals surface area (Å²) in [6.07, 6.45) is 3.68. The zero-order valence-corrected chi connectivity index (χ0v) is 4.41. The van der Waals surface area contributed by atoms with Crippen LogP contribution < -0.4 is 0 Å². The van der Waals surface area contributed by atoms with Gasteiger partial charge in [0, 0.05) is 0 Å². The molecular formula is C5H7NO2. The van der Waals surface area contributed by atoms with Crippen LogP contribution >= 0.6 is 0 Å². The maximum absolute atomic E-state index is 9.60. The van der Waals surface area contributed by atoms with Crippen LogP contribution in [0.25, 0.3) is 0 Å². The van der Waals surface area contributed by atoms with E-state index in [-0.39, 0.29) is 12.6 Å². The summed E-state index contributed by atoms with van der Waals surface area (Å²) in [6.45, 7) is 0.872. The summed E-state index contributed by atoms with van der Waals surface area (Å²) in [5, 5.41) is 2.69. The van der Waals surface area contributed by atoms with E-state index in [0.717, 1.165) is 0 Å². The minimum absolute atomic E-state index is 0.0486. The predicted molar refractivity (Wildman–Crippen MR) is 29.5 cm³/mol. The van der Waals surface area contributed by atoms with Crippen LogP contribution in [-0.2, 0) is 4.74 Å². The van der Waals surface area contributed by atoms with Gasteiger partial charge in [-0.3, -0.25) is 0 Å². The van der Waals surface area contributed by atoms with E-state index >= 15 is 0 Å². The third-order valence-corrected chi connectivity index (χ3v) is 1.01. The Hall–Kier alpha value is -0.700. The summed E-state index contributed by atoms with van der Waals surface area (Å²) in [4.78, 5) is 9.60. The first kappa shape index (κ1) is 5.44. The molecule has 1 aliphatic heterocycles. The number of rotatable bonds is 2. The molecule has 0 unspecified atom stereocenters. The first-order valence-corrected chi connectivity index (χ1v) is 2.51. The maximum atomic E-state index is 9.60. The van der Waals surface area contributed by atoms with Gasteiger partial charge in [-0.15, -0.1) is 0 Å². The molecule has 0 aromatic heterocycles. The van der Waals surface area contributed by atoms with E-state index in [9.17, 15) is 4.91 Å². The lowest BCUT2D eigenvalue weighted by molar-refractivity contribution is 0.134. The van der Waals surface area contributed by atoms with Crippen LogP contribution in [-0.4, -0.2) is 19.3 Å². The molecule has 0 N–H and O–H groups in total. The molecular weight excluding hydrogens is 106 g/mol. The summed E-state index contributed by atoms with van der Waals surface area (Å²) in [5.41, 5.74) is 0. The van der Waals surface area contributed by atoms with Gasteiger partial charge in [0.15, 0.2) is 0 Å². The molecule has 44 valence electrons. The molecule has 3 heteroatoms. The van der Waals surface area contributed by atoms with Crippen LogP contribution in [0.1, 0.15) is 0 Å². The second-order valence-corrected chi connectivity index (χ2v) is 1.61. The monoisotopic (exact) mass is 113 g/mol. The van der Waals surface area contributed by atoms with Crippen molar-refractivity contribution in [3.05, 3.63) is 17.1 Å². The highest BCUT2D eigenvalue weighted by Crippen LogP contribution is 2.01. The Morgan fingerprint density at radius 2 is 2.75 bits per heavy atom. The van der Waals surface area contributed by atoms with Gasteiger partial charge in [-0.2, -0.15) is 4.91 Å². The average molecular weight is 113 g/mol. The fraction of sp³-hybridized carbons (Fsp3) is 0.600. The highest BCUT2D eigenvalue weighted by atomic mass is 16.5.